The number of benzene rings is 3. The van der Waals surface area contributed by atoms with Crippen molar-refractivity contribution in [1.29, 1.82) is 0 Å². The molecule has 1 fully saturated rings. The Balaban J connectivity index is 1.67. The van der Waals surface area contributed by atoms with Crippen molar-refractivity contribution in [3.63, 3.8) is 0 Å². The van der Waals surface area contributed by atoms with Crippen molar-refractivity contribution in [2.24, 2.45) is 0 Å². The van der Waals surface area contributed by atoms with Crippen LogP contribution in [0.2, 0.25) is 5.02 Å². The highest BCUT2D eigenvalue weighted by Gasteiger charge is 2.34. The van der Waals surface area contributed by atoms with E-state index in [1.165, 1.54) is 17.0 Å². The highest BCUT2D eigenvalue weighted by Crippen LogP contribution is 2.30. The predicted molar refractivity (Wildman–Crippen MR) is 159 cm³/mol. The van der Waals surface area contributed by atoms with Crippen molar-refractivity contribution in [2.75, 3.05) is 17.4 Å². The summed E-state index contributed by atoms with van der Waals surface area (Å²) < 4.78 is 28.7. The Kier molecular flexibility index (Phi) is 10.2. The number of sulfonamides is 1. The number of nitrogens with zero attached hydrogens (tertiary/aromatic N) is 2. The van der Waals surface area contributed by atoms with Crippen LogP contribution in [0.25, 0.3) is 0 Å². The standard InChI is InChI=1S/C31H36ClN3O4S/c1-2-28(31(37)33-25-15-9-10-16-25)34(22-21-24-13-5-3-6-14-24)30(36)23-35(29-20-12-11-19-27(29)32)40(38,39)26-17-7-4-8-18-26/h3-8,11-14,17-20,25,28H,2,9-10,15-16,21-23H2,1H3,(H,33,37). The maximum Gasteiger partial charge on any atom is 0.264 e. The molecule has 0 saturated heterocycles. The van der Waals surface area contributed by atoms with Crippen molar-refractivity contribution >= 4 is 39.1 Å². The quantitative estimate of drug-likeness (QED) is 0.308. The first-order valence-electron chi connectivity index (χ1n) is 13.8. The smallest absolute Gasteiger partial charge is 0.264 e. The van der Waals surface area contributed by atoms with E-state index in [1.54, 1.807) is 42.5 Å². The molecule has 0 heterocycles. The molecule has 0 bridgehead atoms. The normalized spacial score (nSPS) is 14.4. The fourth-order valence-corrected chi connectivity index (χ4v) is 6.89. The third-order valence-corrected chi connectivity index (χ3v) is 9.40. The molecule has 1 aliphatic rings. The number of nitrogens with one attached hydrogen (secondary N) is 1. The van der Waals surface area contributed by atoms with Crippen LogP contribution in [0.5, 0.6) is 0 Å². The molecule has 40 heavy (non-hydrogen) atoms. The molecular formula is C31H36ClN3O4S. The number of hydrogen-bond acceptors (Lipinski definition) is 4. The molecule has 9 heteroatoms. The van der Waals surface area contributed by atoms with Gasteiger partial charge in [-0.1, -0.05) is 92.0 Å². The summed E-state index contributed by atoms with van der Waals surface area (Å²) in [5, 5.41) is 3.33. The summed E-state index contributed by atoms with van der Waals surface area (Å²) in [6.45, 7) is 1.64. The first-order chi connectivity index (χ1) is 19.3. The number of rotatable bonds is 12. The first-order valence-corrected chi connectivity index (χ1v) is 15.6. The van der Waals surface area contributed by atoms with Gasteiger partial charge in [-0.3, -0.25) is 13.9 Å². The van der Waals surface area contributed by atoms with E-state index in [0.29, 0.717) is 12.8 Å². The molecule has 1 unspecified atom stereocenters. The SMILES string of the molecule is CCC(C(=O)NC1CCCC1)N(CCc1ccccc1)C(=O)CN(c1ccccc1Cl)S(=O)(=O)c1ccccc1. The molecule has 2 amide bonds. The van der Waals surface area contributed by atoms with Crippen LogP contribution in [-0.4, -0.2) is 50.3 Å². The molecule has 212 valence electrons. The Bertz CT molecular complexity index is 1380. The molecule has 7 nitrogen and oxygen atoms in total. The average molecular weight is 582 g/mol. The van der Waals surface area contributed by atoms with Gasteiger partial charge in [-0.15, -0.1) is 0 Å². The first kappa shape index (κ1) is 29.6. The summed E-state index contributed by atoms with van der Waals surface area (Å²) in [4.78, 5) is 29.1. The van der Waals surface area contributed by atoms with Gasteiger partial charge in [-0.2, -0.15) is 0 Å². The van der Waals surface area contributed by atoms with Crippen LogP contribution < -0.4 is 9.62 Å². The van der Waals surface area contributed by atoms with Gasteiger partial charge in [0.25, 0.3) is 10.0 Å². The van der Waals surface area contributed by atoms with E-state index in [0.717, 1.165) is 35.6 Å². The van der Waals surface area contributed by atoms with Crippen LogP contribution in [0.15, 0.2) is 89.8 Å². The number of anilines is 1. The Morgan fingerprint density at radius 1 is 0.925 bits per heavy atom. The Morgan fingerprint density at radius 3 is 2.15 bits per heavy atom. The van der Waals surface area contributed by atoms with E-state index in [4.69, 9.17) is 11.6 Å². The molecular weight excluding hydrogens is 546 g/mol. The van der Waals surface area contributed by atoms with E-state index in [-0.39, 0.29) is 34.1 Å². The second kappa shape index (κ2) is 13.8. The summed E-state index contributed by atoms with van der Waals surface area (Å²) in [6.07, 6.45) is 4.92. The zero-order valence-electron chi connectivity index (χ0n) is 22.7. The summed E-state index contributed by atoms with van der Waals surface area (Å²) >= 11 is 6.46. The lowest BCUT2D eigenvalue weighted by atomic mass is 10.1. The van der Waals surface area contributed by atoms with Gasteiger partial charge in [-0.25, -0.2) is 8.42 Å². The van der Waals surface area contributed by atoms with Crippen molar-refractivity contribution in [2.45, 2.75) is 62.4 Å². The molecule has 3 aromatic carbocycles. The van der Waals surface area contributed by atoms with Gasteiger partial charge in [-0.05, 0) is 55.5 Å². The number of halogens is 1. The van der Waals surface area contributed by atoms with E-state index in [9.17, 15) is 18.0 Å². The van der Waals surface area contributed by atoms with Crippen LogP contribution in [0.1, 0.15) is 44.6 Å². The summed E-state index contributed by atoms with van der Waals surface area (Å²) in [7, 11) is -4.14. The molecule has 1 N–H and O–H groups in total. The Morgan fingerprint density at radius 2 is 1.52 bits per heavy atom. The minimum atomic E-state index is -4.14. The van der Waals surface area contributed by atoms with Gasteiger partial charge in [0.15, 0.2) is 0 Å². The van der Waals surface area contributed by atoms with Crippen LogP contribution in [0.3, 0.4) is 0 Å². The van der Waals surface area contributed by atoms with E-state index >= 15 is 0 Å². The molecule has 3 aromatic rings. The summed E-state index contributed by atoms with van der Waals surface area (Å²) in [5.74, 6) is -0.671. The van der Waals surface area contributed by atoms with Gasteiger partial charge in [0, 0.05) is 12.6 Å². The molecule has 4 rings (SSSR count). The molecule has 0 radical (unpaired) electrons. The number of carbonyl (C=O) groups excluding carboxylic acids is 2. The number of para-hydroxylation sites is 1. The Hall–Kier alpha value is -3.36. The predicted octanol–water partition coefficient (Wildman–Crippen LogP) is 5.44. The molecule has 0 aromatic heterocycles. The molecule has 1 aliphatic carbocycles. The number of hydrogen-bond donors (Lipinski definition) is 1. The lowest BCUT2D eigenvalue weighted by molar-refractivity contribution is -0.139. The van der Waals surface area contributed by atoms with E-state index in [1.807, 2.05) is 37.3 Å². The average Bonchev–Trinajstić information content (AvgIpc) is 3.48. The Labute approximate surface area is 242 Å². The zero-order valence-corrected chi connectivity index (χ0v) is 24.3. The lowest BCUT2D eigenvalue weighted by Gasteiger charge is -2.34. The van der Waals surface area contributed by atoms with Crippen LogP contribution in [0.4, 0.5) is 5.69 Å². The molecule has 0 spiro atoms. The second-order valence-electron chi connectivity index (χ2n) is 10.0. The minimum absolute atomic E-state index is 0.0459. The third-order valence-electron chi connectivity index (χ3n) is 7.30. The highest BCUT2D eigenvalue weighted by atomic mass is 35.5. The fraction of sp³-hybridized carbons (Fsp3) is 0.355. The van der Waals surface area contributed by atoms with E-state index in [2.05, 4.69) is 5.32 Å². The van der Waals surface area contributed by atoms with Crippen LogP contribution >= 0.6 is 11.6 Å². The zero-order chi connectivity index (χ0) is 28.5. The number of carbonyl (C=O) groups is 2. The van der Waals surface area contributed by atoms with Gasteiger partial charge in [0.05, 0.1) is 15.6 Å². The molecule has 1 saturated carbocycles. The summed E-state index contributed by atoms with van der Waals surface area (Å²) in [5.41, 5.74) is 1.22. The molecule has 0 aliphatic heterocycles. The van der Waals surface area contributed by atoms with Crippen molar-refractivity contribution < 1.29 is 18.0 Å². The molecule has 1 atom stereocenters. The topological polar surface area (TPSA) is 86.8 Å². The maximum absolute atomic E-state index is 14.1. The largest absolute Gasteiger partial charge is 0.352 e. The fourth-order valence-electron chi connectivity index (χ4n) is 5.15. The van der Waals surface area contributed by atoms with Crippen molar-refractivity contribution in [1.82, 2.24) is 10.2 Å². The summed E-state index contributed by atoms with van der Waals surface area (Å²) in [6, 6.07) is 23.6. The lowest BCUT2D eigenvalue weighted by Crippen LogP contribution is -2.54. The second-order valence-corrected chi connectivity index (χ2v) is 12.3. The maximum atomic E-state index is 14.1. The number of amides is 2. The van der Waals surface area contributed by atoms with Gasteiger partial charge in [0.2, 0.25) is 11.8 Å². The van der Waals surface area contributed by atoms with Crippen LogP contribution in [-0.2, 0) is 26.0 Å². The van der Waals surface area contributed by atoms with Crippen molar-refractivity contribution in [3.8, 4) is 0 Å². The van der Waals surface area contributed by atoms with Crippen molar-refractivity contribution in [3.05, 3.63) is 95.5 Å². The van der Waals surface area contributed by atoms with Crippen LogP contribution in [0, 0.1) is 0 Å². The van der Waals surface area contributed by atoms with Gasteiger partial charge >= 0.3 is 0 Å². The monoisotopic (exact) mass is 581 g/mol. The van der Waals surface area contributed by atoms with Gasteiger partial charge < -0.3 is 10.2 Å². The van der Waals surface area contributed by atoms with Gasteiger partial charge in [0.1, 0.15) is 12.6 Å². The highest BCUT2D eigenvalue weighted by molar-refractivity contribution is 7.92. The third kappa shape index (κ3) is 7.23. The minimum Gasteiger partial charge on any atom is -0.352 e. The van der Waals surface area contributed by atoms with E-state index < -0.39 is 28.5 Å².